The van der Waals surface area contributed by atoms with Gasteiger partial charge in [-0.1, -0.05) is 31.2 Å². The van der Waals surface area contributed by atoms with Crippen molar-refractivity contribution in [2.45, 2.75) is 11.8 Å². The van der Waals surface area contributed by atoms with Crippen LogP contribution in [0.2, 0.25) is 0 Å². The highest BCUT2D eigenvalue weighted by Gasteiger charge is 2.17. The Kier molecular flexibility index (Phi) is 4.82. The molecule has 0 bridgehead atoms. The van der Waals surface area contributed by atoms with E-state index in [0.29, 0.717) is 24.2 Å². The van der Waals surface area contributed by atoms with E-state index in [4.69, 9.17) is 5.73 Å². The van der Waals surface area contributed by atoms with E-state index in [1.165, 1.54) is 0 Å². The van der Waals surface area contributed by atoms with E-state index in [0.717, 1.165) is 11.9 Å². The number of nitrogens with zero attached hydrogens (tertiary/aromatic N) is 1. The van der Waals surface area contributed by atoms with Crippen molar-refractivity contribution in [2.75, 3.05) is 32.4 Å². The van der Waals surface area contributed by atoms with Gasteiger partial charge in [0.05, 0.1) is 4.90 Å². The van der Waals surface area contributed by atoms with Gasteiger partial charge in [0.15, 0.2) is 0 Å². The first-order chi connectivity index (χ1) is 9.95. The largest absolute Gasteiger partial charge is 0.398 e. The van der Waals surface area contributed by atoms with Gasteiger partial charge in [0.1, 0.15) is 0 Å². The van der Waals surface area contributed by atoms with Crippen molar-refractivity contribution in [2.24, 2.45) is 0 Å². The SMILES string of the molecule is CCN(C)CCNS(=O)(=O)c1ccc(N)c2ccccc12. The lowest BCUT2D eigenvalue weighted by atomic mass is 10.1. The molecule has 0 fully saturated rings. The topological polar surface area (TPSA) is 75.4 Å². The second-order valence-electron chi connectivity index (χ2n) is 4.99. The molecule has 2 aromatic carbocycles. The molecule has 114 valence electrons. The molecular formula is C15H21N3O2S. The lowest BCUT2D eigenvalue weighted by Gasteiger charge is -2.15. The summed E-state index contributed by atoms with van der Waals surface area (Å²) in [5, 5.41) is 1.40. The fourth-order valence-electron chi connectivity index (χ4n) is 2.14. The number of nitrogen functional groups attached to an aromatic ring is 1. The van der Waals surface area contributed by atoms with Crippen LogP contribution in [0.5, 0.6) is 0 Å². The Labute approximate surface area is 125 Å². The van der Waals surface area contributed by atoms with Crippen LogP contribution < -0.4 is 10.5 Å². The van der Waals surface area contributed by atoms with E-state index in [9.17, 15) is 8.42 Å². The number of nitrogens with one attached hydrogen (secondary N) is 1. The number of hydrogen-bond acceptors (Lipinski definition) is 4. The maximum Gasteiger partial charge on any atom is 0.241 e. The van der Waals surface area contributed by atoms with Gasteiger partial charge in [-0.15, -0.1) is 0 Å². The summed E-state index contributed by atoms with van der Waals surface area (Å²) in [5.41, 5.74) is 6.48. The molecule has 0 saturated carbocycles. The van der Waals surface area contributed by atoms with Crippen LogP contribution in [0, 0.1) is 0 Å². The number of fused-ring (bicyclic) bond motifs is 1. The third-order valence-corrected chi connectivity index (χ3v) is 5.05. The van der Waals surface area contributed by atoms with Gasteiger partial charge in [0.2, 0.25) is 10.0 Å². The van der Waals surface area contributed by atoms with Gasteiger partial charge in [-0.3, -0.25) is 0 Å². The van der Waals surface area contributed by atoms with Crippen LogP contribution in [0.1, 0.15) is 6.92 Å². The number of rotatable bonds is 6. The molecule has 0 aromatic heterocycles. The number of nitrogens with two attached hydrogens (primary N) is 1. The quantitative estimate of drug-likeness (QED) is 0.796. The molecule has 2 aromatic rings. The average Bonchev–Trinajstić information content (AvgIpc) is 2.47. The fourth-order valence-corrected chi connectivity index (χ4v) is 3.37. The molecule has 0 atom stereocenters. The highest BCUT2D eigenvalue weighted by molar-refractivity contribution is 7.89. The monoisotopic (exact) mass is 307 g/mol. The molecule has 0 radical (unpaired) electrons. The second-order valence-corrected chi connectivity index (χ2v) is 6.73. The lowest BCUT2D eigenvalue weighted by molar-refractivity contribution is 0.358. The van der Waals surface area contributed by atoms with Crippen molar-refractivity contribution < 1.29 is 8.42 Å². The predicted molar refractivity (Wildman–Crippen MR) is 86.7 cm³/mol. The second kappa shape index (κ2) is 6.43. The average molecular weight is 307 g/mol. The van der Waals surface area contributed by atoms with Crippen molar-refractivity contribution in [3.8, 4) is 0 Å². The van der Waals surface area contributed by atoms with E-state index in [2.05, 4.69) is 4.72 Å². The summed E-state index contributed by atoms with van der Waals surface area (Å²) in [6.07, 6.45) is 0. The van der Waals surface area contributed by atoms with Crippen molar-refractivity contribution in [1.29, 1.82) is 0 Å². The molecule has 6 heteroatoms. The van der Waals surface area contributed by atoms with Gasteiger partial charge >= 0.3 is 0 Å². The van der Waals surface area contributed by atoms with Crippen molar-refractivity contribution in [3.05, 3.63) is 36.4 Å². The highest BCUT2D eigenvalue weighted by atomic mass is 32.2. The van der Waals surface area contributed by atoms with Crippen LogP contribution in [-0.2, 0) is 10.0 Å². The first-order valence-corrected chi connectivity index (χ1v) is 8.39. The number of likely N-dealkylation sites (N-methyl/N-ethyl adjacent to an activating group) is 1. The molecule has 0 aliphatic carbocycles. The Hall–Kier alpha value is -1.63. The molecule has 0 heterocycles. The third kappa shape index (κ3) is 3.53. The molecule has 0 amide bonds. The van der Waals surface area contributed by atoms with Gasteiger partial charge in [0.25, 0.3) is 0 Å². The molecule has 0 unspecified atom stereocenters. The molecule has 0 aliphatic rings. The molecule has 0 aliphatic heterocycles. The Morgan fingerprint density at radius 1 is 1.14 bits per heavy atom. The molecular weight excluding hydrogens is 286 g/mol. The molecule has 21 heavy (non-hydrogen) atoms. The van der Waals surface area contributed by atoms with Crippen LogP contribution in [0.3, 0.4) is 0 Å². The highest BCUT2D eigenvalue weighted by Crippen LogP contribution is 2.27. The van der Waals surface area contributed by atoms with Gasteiger partial charge in [-0.25, -0.2) is 13.1 Å². The predicted octanol–water partition coefficient (Wildman–Crippen LogP) is 1.65. The van der Waals surface area contributed by atoms with Crippen LogP contribution in [0.4, 0.5) is 5.69 Å². The smallest absolute Gasteiger partial charge is 0.241 e. The first-order valence-electron chi connectivity index (χ1n) is 6.91. The van der Waals surface area contributed by atoms with Crippen LogP contribution >= 0.6 is 0 Å². The minimum atomic E-state index is -3.54. The van der Waals surface area contributed by atoms with E-state index >= 15 is 0 Å². The zero-order valence-electron chi connectivity index (χ0n) is 12.3. The summed E-state index contributed by atoms with van der Waals surface area (Å²) in [5.74, 6) is 0. The van der Waals surface area contributed by atoms with Crippen molar-refractivity contribution >= 4 is 26.5 Å². The van der Waals surface area contributed by atoms with Gasteiger partial charge in [0, 0.05) is 29.5 Å². The zero-order chi connectivity index (χ0) is 15.5. The molecule has 0 saturated heterocycles. The third-order valence-electron chi connectivity index (χ3n) is 3.53. The normalized spacial score (nSPS) is 12.1. The molecule has 5 nitrogen and oxygen atoms in total. The fraction of sp³-hybridized carbons (Fsp3) is 0.333. The summed E-state index contributed by atoms with van der Waals surface area (Å²) >= 11 is 0. The summed E-state index contributed by atoms with van der Waals surface area (Å²) in [7, 11) is -1.59. The number of benzene rings is 2. The van der Waals surface area contributed by atoms with Crippen LogP contribution in [-0.4, -0.2) is 40.0 Å². The Morgan fingerprint density at radius 2 is 1.81 bits per heavy atom. The summed E-state index contributed by atoms with van der Waals surface area (Å²) in [6.45, 7) is 3.96. The minimum Gasteiger partial charge on any atom is -0.398 e. The van der Waals surface area contributed by atoms with Crippen LogP contribution in [0.15, 0.2) is 41.3 Å². The number of hydrogen-bond donors (Lipinski definition) is 2. The maximum atomic E-state index is 12.5. The Bertz CT molecular complexity index is 729. The maximum absolute atomic E-state index is 12.5. The molecule has 2 rings (SSSR count). The van der Waals surface area contributed by atoms with E-state index < -0.39 is 10.0 Å². The van der Waals surface area contributed by atoms with Gasteiger partial charge in [-0.2, -0.15) is 0 Å². The van der Waals surface area contributed by atoms with Crippen molar-refractivity contribution in [1.82, 2.24) is 9.62 Å². The van der Waals surface area contributed by atoms with E-state index in [-0.39, 0.29) is 4.90 Å². The standard InChI is InChI=1S/C15H21N3O2S/c1-3-18(2)11-10-17-21(19,20)15-9-8-14(16)12-6-4-5-7-13(12)15/h4-9,17H,3,10-11,16H2,1-2H3. The zero-order valence-corrected chi connectivity index (χ0v) is 13.2. The lowest BCUT2D eigenvalue weighted by Crippen LogP contribution is -2.33. The van der Waals surface area contributed by atoms with Gasteiger partial charge in [-0.05, 0) is 25.7 Å². The Morgan fingerprint density at radius 3 is 2.48 bits per heavy atom. The minimum absolute atomic E-state index is 0.270. The van der Waals surface area contributed by atoms with E-state index in [1.807, 2.05) is 37.1 Å². The summed E-state index contributed by atoms with van der Waals surface area (Å²) in [6, 6.07) is 10.5. The summed E-state index contributed by atoms with van der Waals surface area (Å²) in [4.78, 5) is 2.32. The number of sulfonamides is 1. The first kappa shape index (κ1) is 15.8. The molecule has 0 spiro atoms. The van der Waals surface area contributed by atoms with Crippen LogP contribution in [0.25, 0.3) is 10.8 Å². The summed E-state index contributed by atoms with van der Waals surface area (Å²) < 4.78 is 27.6. The molecule has 3 N–H and O–H groups in total. The van der Waals surface area contributed by atoms with E-state index in [1.54, 1.807) is 18.2 Å². The van der Waals surface area contributed by atoms with Gasteiger partial charge < -0.3 is 10.6 Å². The van der Waals surface area contributed by atoms with Crippen molar-refractivity contribution in [3.63, 3.8) is 0 Å². The number of anilines is 1. The Balaban J connectivity index is 2.31.